The summed E-state index contributed by atoms with van der Waals surface area (Å²) in [6, 6.07) is 6.66. The Bertz CT molecular complexity index is 552. The van der Waals surface area contributed by atoms with E-state index >= 15 is 0 Å². The van der Waals surface area contributed by atoms with Crippen molar-refractivity contribution in [1.29, 1.82) is 0 Å². The lowest BCUT2D eigenvalue weighted by atomic mass is 9.84. The van der Waals surface area contributed by atoms with Crippen molar-refractivity contribution in [1.82, 2.24) is 14.8 Å². The number of aromatic nitrogens is 3. The van der Waals surface area contributed by atoms with Crippen LogP contribution in [0.25, 0.3) is 0 Å². The molecule has 1 aromatic heterocycles. The molecule has 1 aromatic carbocycles. The molecule has 0 amide bonds. The quantitative estimate of drug-likeness (QED) is 0.899. The van der Waals surface area contributed by atoms with E-state index < -0.39 is 5.54 Å². The monoisotopic (exact) mass is 262 g/mol. The molecule has 0 aliphatic rings. The van der Waals surface area contributed by atoms with Gasteiger partial charge in [-0.15, -0.1) is 0 Å². The number of hydrogen-bond donors (Lipinski definition) is 1. The van der Waals surface area contributed by atoms with Crippen LogP contribution in [-0.4, -0.2) is 14.8 Å². The highest BCUT2D eigenvalue weighted by atomic mass is 19.1. The summed E-state index contributed by atoms with van der Waals surface area (Å²) in [7, 11) is 0. The smallest absolute Gasteiger partial charge is 0.138 e. The summed E-state index contributed by atoms with van der Waals surface area (Å²) in [5.74, 6) is 0.518. The third-order valence-corrected chi connectivity index (χ3v) is 3.51. The van der Waals surface area contributed by atoms with Gasteiger partial charge in [-0.1, -0.05) is 25.1 Å². The van der Waals surface area contributed by atoms with Crippen molar-refractivity contribution >= 4 is 0 Å². The van der Waals surface area contributed by atoms with E-state index in [0.29, 0.717) is 18.4 Å². The molecule has 0 fully saturated rings. The molecule has 2 rings (SSSR count). The number of benzene rings is 1. The summed E-state index contributed by atoms with van der Waals surface area (Å²) in [6.45, 7) is 4.68. The van der Waals surface area contributed by atoms with Gasteiger partial charge in [-0.05, 0) is 19.4 Å². The molecular formula is C14H19FN4. The zero-order chi connectivity index (χ0) is 13.9. The molecule has 1 atom stereocenters. The van der Waals surface area contributed by atoms with Gasteiger partial charge in [0.15, 0.2) is 0 Å². The van der Waals surface area contributed by atoms with Gasteiger partial charge in [-0.2, -0.15) is 5.10 Å². The summed E-state index contributed by atoms with van der Waals surface area (Å²) in [5.41, 5.74) is 6.19. The van der Waals surface area contributed by atoms with Crippen LogP contribution in [0.4, 0.5) is 4.39 Å². The van der Waals surface area contributed by atoms with Crippen LogP contribution in [0.2, 0.25) is 0 Å². The fraction of sp³-hybridized carbons (Fsp3) is 0.429. The zero-order valence-corrected chi connectivity index (χ0v) is 11.3. The molecule has 5 heteroatoms. The number of rotatable bonds is 5. The lowest BCUT2D eigenvalue weighted by Crippen LogP contribution is -2.40. The highest BCUT2D eigenvalue weighted by molar-refractivity contribution is 5.27. The average molecular weight is 262 g/mol. The Kier molecular flexibility index (Phi) is 3.95. The molecule has 1 unspecified atom stereocenters. The first kappa shape index (κ1) is 13.7. The predicted octanol–water partition coefficient (Wildman–Crippen LogP) is 2.24. The topological polar surface area (TPSA) is 56.7 Å². The van der Waals surface area contributed by atoms with E-state index in [9.17, 15) is 4.39 Å². The number of halogens is 1. The molecule has 0 aliphatic carbocycles. The van der Waals surface area contributed by atoms with Gasteiger partial charge in [0.2, 0.25) is 0 Å². The molecule has 0 bridgehead atoms. The molecule has 4 nitrogen and oxygen atoms in total. The molecule has 2 aromatic rings. The minimum absolute atomic E-state index is 0.269. The Hall–Kier alpha value is -1.75. The van der Waals surface area contributed by atoms with Crippen LogP contribution in [0.1, 0.15) is 31.7 Å². The van der Waals surface area contributed by atoms with Crippen LogP contribution in [0.5, 0.6) is 0 Å². The molecule has 1 heterocycles. The average Bonchev–Trinajstić information content (AvgIpc) is 2.86. The van der Waals surface area contributed by atoms with E-state index in [2.05, 4.69) is 10.1 Å². The molecular weight excluding hydrogens is 243 g/mol. The van der Waals surface area contributed by atoms with Gasteiger partial charge in [0.25, 0.3) is 0 Å². The Labute approximate surface area is 112 Å². The SMILES string of the molecule is CCn1ncnc1CC(N)(CC)c1ccccc1F. The van der Waals surface area contributed by atoms with Gasteiger partial charge < -0.3 is 5.73 Å². The van der Waals surface area contributed by atoms with Gasteiger partial charge in [0, 0.05) is 18.5 Å². The summed E-state index contributed by atoms with van der Waals surface area (Å²) in [6.07, 6.45) is 2.61. The van der Waals surface area contributed by atoms with Crippen LogP contribution in [0.3, 0.4) is 0 Å². The molecule has 0 saturated carbocycles. The third-order valence-electron chi connectivity index (χ3n) is 3.51. The molecule has 0 radical (unpaired) electrons. The van der Waals surface area contributed by atoms with Crippen LogP contribution < -0.4 is 5.73 Å². The molecule has 2 N–H and O–H groups in total. The normalized spacial score (nSPS) is 14.3. The number of aryl methyl sites for hydroxylation is 1. The standard InChI is InChI=1S/C14H19FN4/c1-3-14(16,11-7-5-6-8-12(11)15)9-13-17-10-18-19(13)4-2/h5-8,10H,3-4,9,16H2,1-2H3. The van der Waals surface area contributed by atoms with Gasteiger partial charge in [0.1, 0.15) is 18.0 Å². The van der Waals surface area contributed by atoms with E-state index in [0.717, 1.165) is 12.4 Å². The summed E-state index contributed by atoms with van der Waals surface area (Å²) >= 11 is 0. The number of nitrogens with zero attached hydrogens (tertiary/aromatic N) is 3. The van der Waals surface area contributed by atoms with Gasteiger partial charge in [-0.25, -0.2) is 9.37 Å². The molecule has 102 valence electrons. The van der Waals surface area contributed by atoms with Gasteiger partial charge in [0.05, 0.1) is 5.54 Å². The van der Waals surface area contributed by atoms with Crippen LogP contribution >= 0.6 is 0 Å². The van der Waals surface area contributed by atoms with Crippen molar-refractivity contribution in [2.45, 2.75) is 38.8 Å². The maximum absolute atomic E-state index is 14.0. The van der Waals surface area contributed by atoms with Crippen molar-refractivity contribution in [2.75, 3.05) is 0 Å². The van der Waals surface area contributed by atoms with Crippen LogP contribution in [0.15, 0.2) is 30.6 Å². The first-order chi connectivity index (χ1) is 9.10. The Morgan fingerprint density at radius 3 is 2.68 bits per heavy atom. The summed E-state index contributed by atoms with van der Waals surface area (Å²) in [5, 5.41) is 4.13. The lowest BCUT2D eigenvalue weighted by Gasteiger charge is -2.28. The lowest BCUT2D eigenvalue weighted by molar-refractivity contribution is 0.385. The van der Waals surface area contributed by atoms with Crippen LogP contribution in [0, 0.1) is 5.82 Å². The van der Waals surface area contributed by atoms with E-state index in [-0.39, 0.29) is 5.82 Å². The highest BCUT2D eigenvalue weighted by Crippen LogP contribution is 2.28. The minimum Gasteiger partial charge on any atom is -0.321 e. The maximum atomic E-state index is 14.0. The Morgan fingerprint density at radius 1 is 1.32 bits per heavy atom. The molecule has 0 saturated heterocycles. The van der Waals surface area contributed by atoms with E-state index in [4.69, 9.17) is 5.73 Å². The van der Waals surface area contributed by atoms with Gasteiger partial charge >= 0.3 is 0 Å². The van der Waals surface area contributed by atoms with Crippen molar-refractivity contribution < 1.29 is 4.39 Å². The predicted molar refractivity (Wildman–Crippen MR) is 72.0 cm³/mol. The minimum atomic E-state index is -0.759. The van der Waals surface area contributed by atoms with Crippen molar-refractivity contribution in [3.8, 4) is 0 Å². The van der Waals surface area contributed by atoms with Crippen molar-refractivity contribution in [3.05, 3.63) is 47.8 Å². The Balaban J connectivity index is 2.36. The zero-order valence-electron chi connectivity index (χ0n) is 11.3. The first-order valence-electron chi connectivity index (χ1n) is 6.51. The largest absolute Gasteiger partial charge is 0.321 e. The van der Waals surface area contributed by atoms with Crippen molar-refractivity contribution in [3.63, 3.8) is 0 Å². The number of hydrogen-bond acceptors (Lipinski definition) is 3. The molecule has 0 aliphatic heterocycles. The van der Waals surface area contributed by atoms with Gasteiger partial charge in [-0.3, -0.25) is 4.68 Å². The highest BCUT2D eigenvalue weighted by Gasteiger charge is 2.30. The van der Waals surface area contributed by atoms with E-state index in [1.807, 2.05) is 13.8 Å². The van der Waals surface area contributed by atoms with E-state index in [1.165, 1.54) is 12.4 Å². The second-order valence-electron chi connectivity index (χ2n) is 4.66. The molecule has 19 heavy (non-hydrogen) atoms. The third kappa shape index (κ3) is 2.66. The second kappa shape index (κ2) is 5.48. The fourth-order valence-electron chi connectivity index (χ4n) is 2.25. The first-order valence-corrected chi connectivity index (χ1v) is 6.51. The Morgan fingerprint density at radius 2 is 2.05 bits per heavy atom. The maximum Gasteiger partial charge on any atom is 0.138 e. The second-order valence-corrected chi connectivity index (χ2v) is 4.66. The van der Waals surface area contributed by atoms with Crippen molar-refractivity contribution in [2.24, 2.45) is 5.73 Å². The van der Waals surface area contributed by atoms with Crippen LogP contribution in [-0.2, 0) is 18.5 Å². The van der Waals surface area contributed by atoms with E-state index in [1.54, 1.807) is 22.9 Å². The molecule has 0 spiro atoms. The fourth-order valence-corrected chi connectivity index (χ4v) is 2.25. The summed E-state index contributed by atoms with van der Waals surface area (Å²) in [4.78, 5) is 4.22. The summed E-state index contributed by atoms with van der Waals surface area (Å²) < 4.78 is 15.7. The number of nitrogens with two attached hydrogens (primary N) is 1.